The zero-order valence-electron chi connectivity index (χ0n) is 7.37. The van der Waals surface area contributed by atoms with Crippen LogP contribution in [0.5, 0.6) is 0 Å². The zero-order chi connectivity index (χ0) is 8.81. The fourth-order valence-electron chi connectivity index (χ4n) is 2.01. The maximum absolute atomic E-state index is 10.5. The zero-order valence-corrected chi connectivity index (χ0v) is 7.37. The molecule has 0 aliphatic heterocycles. The molecule has 0 amide bonds. The SMILES string of the molecule is O=CCC(C=O)CC1CCCC1. The molecule has 0 bridgehead atoms. The Bertz CT molecular complexity index is 148. The standard InChI is InChI=1S/C10H16O2/c11-6-5-10(8-12)7-9-3-1-2-4-9/h6,8-10H,1-5,7H2. The Labute approximate surface area is 73.3 Å². The predicted octanol–water partition coefficient (Wildman–Crippen LogP) is 1.97. The number of aldehydes is 2. The van der Waals surface area contributed by atoms with Gasteiger partial charge < -0.3 is 9.59 Å². The maximum atomic E-state index is 10.5. The van der Waals surface area contributed by atoms with Crippen LogP contribution in [0.3, 0.4) is 0 Å². The second-order valence-corrected chi connectivity index (χ2v) is 3.68. The van der Waals surface area contributed by atoms with Crippen molar-refractivity contribution >= 4 is 12.6 Å². The molecule has 12 heavy (non-hydrogen) atoms. The number of rotatable bonds is 5. The molecule has 0 aromatic rings. The fourth-order valence-corrected chi connectivity index (χ4v) is 2.01. The summed E-state index contributed by atoms with van der Waals surface area (Å²) in [5.41, 5.74) is 0. The monoisotopic (exact) mass is 168 g/mol. The van der Waals surface area contributed by atoms with Crippen molar-refractivity contribution in [3.05, 3.63) is 0 Å². The van der Waals surface area contributed by atoms with E-state index in [-0.39, 0.29) is 5.92 Å². The average Bonchev–Trinajstić information content (AvgIpc) is 2.56. The van der Waals surface area contributed by atoms with Gasteiger partial charge in [-0.05, 0) is 12.3 Å². The van der Waals surface area contributed by atoms with Crippen LogP contribution in [0.4, 0.5) is 0 Å². The molecule has 2 heteroatoms. The second-order valence-electron chi connectivity index (χ2n) is 3.68. The summed E-state index contributed by atoms with van der Waals surface area (Å²) in [6.45, 7) is 0. The molecule has 0 spiro atoms. The molecule has 0 N–H and O–H groups in total. The molecule has 0 radical (unpaired) electrons. The van der Waals surface area contributed by atoms with E-state index in [9.17, 15) is 9.59 Å². The van der Waals surface area contributed by atoms with Crippen LogP contribution in [-0.2, 0) is 9.59 Å². The Morgan fingerprint density at radius 3 is 2.42 bits per heavy atom. The Morgan fingerprint density at radius 1 is 1.25 bits per heavy atom. The molecule has 0 aromatic heterocycles. The molecule has 1 unspecified atom stereocenters. The number of hydrogen-bond donors (Lipinski definition) is 0. The smallest absolute Gasteiger partial charge is 0.123 e. The number of hydrogen-bond acceptors (Lipinski definition) is 2. The van der Waals surface area contributed by atoms with Crippen LogP contribution in [0.2, 0.25) is 0 Å². The van der Waals surface area contributed by atoms with E-state index in [1.54, 1.807) is 0 Å². The Kier molecular flexibility index (Phi) is 3.98. The van der Waals surface area contributed by atoms with E-state index in [1.807, 2.05) is 0 Å². The highest BCUT2D eigenvalue weighted by atomic mass is 16.1. The van der Waals surface area contributed by atoms with Crippen molar-refractivity contribution in [2.75, 3.05) is 0 Å². The van der Waals surface area contributed by atoms with Gasteiger partial charge in [-0.2, -0.15) is 0 Å². The molecule has 0 saturated heterocycles. The third-order valence-electron chi connectivity index (χ3n) is 2.70. The van der Waals surface area contributed by atoms with E-state index in [4.69, 9.17) is 0 Å². The van der Waals surface area contributed by atoms with Gasteiger partial charge in [-0.25, -0.2) is 0 Å². The minimum absolute atomic E-state index is 0.00870. The molecule has 0 aromatic carbocycles. The van der Waals surface area contributed by atoms with Gasteiger partial charge in [0.2, 0.25) is 0 Å². The van der Waals surface area contributed by atoms with Crippen molar-refractivity contribution < 1.29 is 9.59 Å². The van der Waals surface area contributed by atoms with Crippen LogP contribution in [0.25, 0.3) is 0 Å². The van der Waals surface area contributed by atoms with E-state index in [2.05, 4.69) is 0 Å². The van der Waals surface area contributed by atoms with Gasteiger partial charge in [-0.1, -0.05) is 25.7 Å². The van der Waals surface area contributed by atoms with E-state index >= 15 is 0 Å². The fraction of sp³-hybridized carbons (Fsp3) is 0.800. The summed E-state index contributed by atoms with van der Waals surface area (Å²) in [5.74, 6) is 0.700. The first-order valence-electron chi connectivity index (χ1n) is 4.75. The molecule has 1 saturated carbocycles. The predicted molar refractivity (Wildman–Crippen MR) is 46.8 cm³/mol. The van der Waals surface area contributed by atoms with Crippen LogP contribution in [0, 0.1) is 11.8 Å². The first-order valence-corrected chi connectivity index (χ1v) is 4.75. The lowest BCUT2D eigenvalue weighted by Gasteiger charge is -2.11. The van der Waals surface area contributed by atoms with Crippen LogP contribution in [0.15, 0.2) is 0 Å². The summed E-state index contributed by atoms with van der Waals surface area (Å²) in [6.07, 6.45) is 8.25. The molecule has 1 aliphatic rings. The third-order valence-corrected chi connectivity index (χ3v) is 2.70. The summed E-state index contributed by atoms with van der Waals surface area (Å²) < 4.78 is 0. The Balaban J connectivity index is 2.25. The van der Waals surface area contributed by atoms with Crippen molar-refractivity contribution in [2.24, 2.45) is 11.8 Å². The van der Waals surface area contributed by atoms with Gasteiger partial charge in [-0.3, -0.25) is 0 Å². The van der Waals surface area contributed by atoms with Crippen molar-refractivity contribution in [3.63, 3.8) is 0 Å². The van der Waals surface area contributed by atoms with Crippen LogP contribution >= 0.6 is 0 Å². The van der Waals surface area contributed by atoms with Gasteiger partial charge in [-0.15, -0.1) is 0 Å². The summed E-state index contributed by atoms with van der Waals surface area (Å²) >= 11 is 0. The van der Waals surface area contributed by atoms with Gasteiger partial charge in [0, 0.05) is 12.3 Å². The van der Waals surface area contributed by atoms with Gasteiger partial charge >= 0.3 is 0 Å². The van der Waals surface area contributed by atoms with Gasteiger partial charge in [0.1, 0.15) is 12.6 Å². The first-order chi connectivity index (χ1) is 5.86. The molecule has 1 atom stereocenters. The quantitative estimate of drug-likeness (QED) is 0.588. The normalized spacial score (nSPS) is 20.7. The first kappa shape index (κ1) is 9.43. The lowest BCUT2D eigenvalue weighted by molar-refractivity contribution is -0.116. The van der Waals surface area contributed by atoms with Crippen molar-refractivity contribution in [1.29, 1.82) is 0 Å². The second kappa shape index (κ2) is 5.07. The van der Waals surface area contributed by atoms with E-state index in [0.29, 0.717) is 12.3 Å². The van der Waals surface area contributed by atoms with Crippen LogP contribution in [-0.4, -0.2) is 12.6 Å². The Morgan fingerprint density at radius 2 is 1.92 bits per heavy atom. The van der Waals surface area contributed by atoms with E-state index in [1.165, 1.54) is 25.7 Å². The van der Waals surface area contributed by atoms with Crippen molar-refractivity contribution in [1.82, 2.24) is 0 Å². The molecule has 1 aliphatic carbocycles. The molecular weight excluding hydrogens is 152 g/mol. The molecule has 1 fully saturated rings. The number of carbonyl (C=O) groups is 2. The minimum Gasteiger partial charge on any atom is -0.303 e. The van der Waals surface area contributed by atoms with E-state index < -0.39 is 0 Å². The average molecular weight is 168 g/mol. The molecule has 1 rings (SSSR count). The van der Waals surface area contributed by atoms with Gasteiger partial charge in [0.25, 0.3) is 0 Å². The topological polar surface area (TPSA) is 34.1 Å². The summed E-state index contributed by atoms with van der Waals surface area (Å²) in [6, 6.07) is 0. The highest BCUT2D eigenvalue weighted by Gasteiger charge is 2.19. The lowest BCUT2D eigenvalue weighted by Crippen LogP contribution is -2.08. The van der Waals surface area contributed by atoms with E-state index in [0.717, 1.165) is 19.0 Å². The molecular formula is C10H16O2. The summed E-state index contributed by atoms with van der Waals surface area (Å²) in [4.78, 5) is 20.7. The van der Waals surface area contributed by atoms with Gasteiger partial charge in [0.05, 0.1) is 0 Å². The lowest BCUT2D eigenvalue weighted by atomic mass is 9.92. The van der Waals surface area contributed by atoms with Crippen molar-refractivity contribution in [2.45, 2.75) is 38.5 Å². The van der Waals surface area contributed by atoms with Gasteiger partial charge in [0.15, 0.2) is 0 Å². The maximum Gasteiger partial charge on any atom is 0.123 e. The highest BCUT2D eigenvalue weighted by Crippen LogP contribution is 2.30. The molecule has 2 nitrogen and oxygen atoms in total. The molecule has 0 heterocycles. The van der Waals surface area contributed by atoms with Crippen LogP contribution < -0.4 is 0 Å². The molecule has 68 valence electrons. The largest absolute Gasteiger partial charge is 0.303 e. The number of carbonyl (C=O) groups excluding carboxylic acids is 2. The minimum atomic E-state index is -0.00870. The summed E-state index contributed by atoms with van der Waals surface area (Å²) in [7, 11) is 0. The third kappa shape index (κ3) is 2.76. The summed E-state index contributed by atoms with van der Waals surface area (Å²) in [5, 5.41) is 0. The Hall–Kier alpha value is -0.660. The van der Waals surface area contributed by atoms with Crippen LogP contribution in [0.1, 0.15) is 38.5 Å². The highest BCUT2D eigenvalue weighted by molar-refractivity contribution is 5.61. The van der Waals surface area contributed by atoms with Crippen molar-refractivity contribution in [3.8, 4) is 0 Å².